The Labute approximate surface area is 129 Å². The van der Waals surface area contributed by atoms with E-state index in [1.54, 1.807) is 18.3 Å². The number of nitrogens with one attached hydrogen (secondary N) is 2. The Kier molecular flexibility index (Phi) is 5.77. The summed E-state index contributed by atoms with van der Waals surface area (Å²) in [7, 11) is 0. The molecule has 116 valence electrons. The molecule has 0 radical (unpaired) electrons. The average molecular weight is 300 g/mol. The zero-order valence-electron chi connectivity index (χ0n) is 12.5. The number of aromatic nitrogens is 1. The topological polar surface area (TPSA) is 71.2 Å². The lowest BCUT2D eigenvalue weighted by molar-refractivity contribution is -0.125. The van der Waals surface area contributed by atoms with Crippen LogP contribution in [0.4, 0.5) is 0 Å². The molecule has 1 aromatic heterocycles. The van der Waals surface area contributed by atoms with Gasteiger partial charge in [0.2, 0.25) is 0 Å². The standard InChI is InChI=1S/C17H20N2O3/c1-2-7-14(13-8-4-3-5-9-13)19-16(20)12-22-17(21)15-10-6-11-18-15/h3-6,8-11,14,18H,2,7,12H2,1H3,(H,19,20)/t14-/m0/s1. The van der Waals surface area contributed by atoms with Crippen LogP contribution >= 0.6 is 0 Å². The van der Waals surface area contributed by atoms with Gasteiger partial charge in [0.05, 0.1) is 6.04 Å². The number of ether oxygens (including phenoxy) is 1. The summed E-state index contributed by atoms with van der Waals surface area (Å²) in [5.74, 6) is -0.839. The summed E-state index contributed by atoms with van der Waals surface area (Å²) in [6, 6.07) is 13.0. The van der Waals surface area contributed by atoms with Gasteiger partial charge in [0.1, 0.15) is 5.69 Å². The highest BCUT2D eigenvalue weighted by molar-refractivity contribution is 5.89. The van der Waals surface area contributed by atoms with Crippen LogP contribution in [0, 0.1) is 0 Å². The molecule has 0 aliphatic carbocycles. The van der Waals surface area contributed by atoms with Crippen LogP contribution in [0.3, 0.4) is 0 Å². The first-order chi connectivity index (χ1) is 10.7. The largest absolute Gasteiger partial charge is 0.451 e. The van der Waals surface area contributed by atoms with Gasteiger partial charge in [-0.25, -0.2) is 4.79 Å². The molecule has 1 atom stereocenters. The van der Waals surface area contributed by atoms with Crippen LogP contribution in [0.1, 0.15) is 41.9 Å². The van der Waals surface area contributed by atoms with Crippen LogP contribution in [0.25, 0.3) is 0 Å². The molecule has 2 N–H and O–H groups in total. The van der Waals surface area contributed by atoms with Crippen molar-refractivity contribution in [3.63, 3.8) is 0 Å². The van der Waals surface area contributed by atoms with E-state index in [4.69, 9.17) is 4.74 Å². The van der Waals surface area contributed by atoms with Gasteiger partial charge in [0.15, 0.2) is 6.61 Å². The molecule has 0 aliphatic heterocycles. The molecule has 0 unspecified atom stereocenters. The Bertz CT molecular complexity index is 594. The average Bonchev–Trinajstić information content (AvgIpc) is 3.07. The number of amides is 1. The van der Waals surface area contributed by atoms with Crippen molar-refractivity contribution in [3.8, 4) is 0 Å². The second kappa shape index (κ2) is 8.02. The molecule has 0 aliphatic rings. The zero-order chi connectivity index (χ0) is 15.8. The molecule has 0 spiro atoms. The van der Waals surface area contributed by atoms with Crippen LogP contribution < -0.4 is 5.32 Å². The fourth-order valence-electron chi connectivity index (χ4n) is 2.20. The van der Waals surface area contributed by atoms with Crippen molar-refractivity contribution >= 4 is 11.9 Å². The number of hydrogen-bond acceptors (Lipinski definition) is 3. The lowest BCUT2D eigenvalue weighted by Crippen LogP contribution is -2.32. The van der Waals surface area contributed by atoms with E-state index in [1.807, 2.05) is 30.3 Å². The Morgan fingerprint density at radius 3 is 2.59 bits per heavy atom. The first-order valence-electron chi connectivity index (χ1n) is 7.35. The van der Waals surface area contributed by atoms with Gasteiger partial charge in [-0.2, -0.15) is 0 Å². The monoisotopic (exact) mass is 300 g/mol. The van der Waals surface area contributed by atoms with E-state index in [0.29, 0.717) is 5.69 Å². The van der Waals surface area contributed by atoms with Gasteiger partial charge < -0.3 is 15.0 Å². The minimum absolute atomic E-state index is 0.0668. The molecular weight excluding hydrogens is 280 g/mol. The zero-order valence-corrected chi connectivity index (χ0v) is 12.5. The van der Waals surface area contributed by atoms with Crippen LogP contribution in [-0.4, -0.2) is 23.5 Å². The normalized spacial score (nSPS) is 11.7. The summed E-state index contributed by atoms with van der Waals surface area (Å²) in [4.78, 5) is 26.4. The maximum absolute atomic E-state index is 12.0. The third-order valence-electron chi connectivity index (χ3n) is 3.27. The van der Waals surface area contributed by atoms with Crippen LogP contribution in [0.2, 0.25) is 0 Å². The second-order valence-corrected chi connectivity index (χ2v) is 4.98. The Morgan fingerprint density at radius 2 is 1.95 bits per heavy atom. The molecule has 1 aromatic carbocycles. The number of aromatic amines is 1. The first kappa shape index (κ1) is 15.8. The van der Waals surface area contributed by atoms with Crippen molar-refractivity contribution < 1.29 is 14.3 Å². The Balaban J connectivity index is 1.87. The number of carbonyl (C=O) groups is 2. The first-order valence-corrected chi connectivity index (χ1v) is 7.35. The Morgan fingerprint density at radius 1 is 1.18 bits per heavy atom. The number of hydrogen-bond donors (Lipinski definition) is 2. The molecule has 2 aromatic rings. The summed E-state index contributed by atoms with van der Waals surface area (Å²) >= 11 is 0. The highest BCUT2D eigenvalue weighted by Gasteiger charge is 2.15. The van der Waals surface area contributed by atoms with E-state index in [2.05, 4.69) is 17.2 Å². The van der Waals surface area contributed by atoms with Crippen molar-refractivity contribution in [2.24, 2.45) is 0 Å². The highest BCUT2D eigenvalue weighted by atomic mass is 16.5. The molecule has 22 heavy (non-hydrogen) atoms. The SMILES string of the molecule is CCC[C@H](NC(=O)COC(=O)c1ccc[nH]1)c1ccccc1. The van der Waals surface area contributed by atoms with E-state index in [0.717, 1.165) is 18.4 Å². The summed E-state index contributed by atoms with van der Waals surface area (Å²) in [6.07, 6.45) is 3.41. The van der Waals surface area contributed by atoms with Gasteiger partial charge in [0.25, 0.3) is 5.91 Å². The van der Waals surface area contributed by atoms with Crippen molar-refractivity contribution in [1.82, 2.24) is 10.3 Å². The number of esters is 1. The minimum atomic E-state index is -0.535. The van der Waals surface area contributed by atoms with Gasteiger partial charge >= 0.3 is 5.97 Å². The quantitative estimate of drug-likeness (QED) is 0.772. The van der Waals surface area contributed by atoms with Crippen molar-refractivity contribution in [1.29, 1.82) is 0 Å². The number of rotatable bonds is 7. The molecule has 0 saturated heterocycles. The predicted molar refractivity (Wildman–Crippen MR) is 83.3 cm³/mol. The van der Waals surface area contributed by atoms with E-state index >= 15 is 0 Å². The molecule has 2 rings (SSSR count). The third-order valence-corrected chi connectivity index (χ3v) is 3.27. The molecule has 0 bridgehead atoms. The molecule has 5 heteroatoms. The van der Waals surface area contributed by atoms with Crippen molar-refractivity contribution in [2.75, 3.05) is 6.61 Å². The molecule has 1 amide bonds. The van der Waals surface area contributed by atoms with E-state index in [1.165, 1.54) is 0 Å². The minimum Gasteiger partial charge on any atom is -0.451 e. The van der Waals surface area contributed by atoms with Crippen LogP contribution in [0.15, 0.2) is 48.7 Å². The molecular formula is C17H20N2O3. The van der Waals surface area contributed by atoms with Crippen LogP contribution in [-0.2, 0) is 9.53 Å². The lowest BCUT2D eigenvalue weighted by Gasteiger charge is -2.18. The molecule has 1 heterocycles. The van der Waals surface area contributed by atoms with E-state index < -0.39 is 5.97 Å². The lowest BCUT2D eigenvalue weighted by atomic mass is 10.0. The van der Waals surface area contributed by atoms with Gasteiger partial charge in [0, 0.05) is 6.20 Å². The number of H-pyrrole nitrogens is 1. The second-order valence-electron chi connectivity index (χ2n) is 4.98. The van der Waals surface area contributed by atoms with E-state index in [-0.39, 0.29) is 18.6 Å². The van der Waals surface area contributed by atoms with Gasteiger partial charge in [-0.1, -0.05) is 43.7 Å². The summed E-state index contributed by atoms with van der Waals surface area (Å²) in [6.45, 7) is 1.78. The smallest absolute Gasteiger partial charge is 0.355 e. The maximum Gasteiger partial charge on any atom is 0.355 e. The fraction of sp³-hybridized carbons (Fsp3) is 0.294. The van der Waals surface area contributed by atoms with Gasteiger partial charge in [-0.05, 0) is 24.1 Å². The van der Waals surface area contributed by atoms with Crippen molar-refractivity contribution in [2.45, 2.75) is 25.8 Å². The number of benzene rings is 1. The molecule has 0 fully saturated rings. The fourth-order valence-corrected chi connectivity index (χ4v) is 2.20. The highest BCUT2D eigenvalue weighted by Crippen LogP contribution is 2.17. The summed E-state index contributed by atoms with van der Waals surface area (Å²) in [5, 5.41) is 2.91. The van der Waals surface area contributed by atoms with Gasteiger partial charge in [-0.3, -0.25) is 4.79 Å². The number of carbonyl (C=O) groups excluding carboxylic acids is 2. The maximum atomic E-state index is 12.0. The summed E-state index contributed by atoms with van der Waals surface area (Å²) < 4.78 is 4.98. The van der Waals surface area contributed by atoms with Crippen molar-refractivity contribution in [3.05, 3.63) is 59.9 Å². The van der Waals surface area contributed by atoms with Gasteiger partial charge in [-0.15, -0.1) is 0 Å². The summed E-state index contributed by atoms with van der Waals surface area (Å²) in [5.41, 5.74) is 1.38. The Hall–Kier alpha value is -2.56. The van der Waals surface area contributed by atoms with E-state index in [9.17, 15) is 9.59 Å². The predicted octanol–water partition coefficient (Wildman–Crippen LogP) is 2.83. The molecule has 5 nitrogen and oxygen atoms in total. The van der Waals surface area contributed by atoms with Crippen LogP contribution in [0.5, 0.6) is 0 Å². The third kappa shape index (κ3) is 4.48. The molecule has 0 saturated carbocycles.